The van der Waals surface area contributed by atoms with Crippen LogP contribution in [0.4, 0.5) is 11.4 Å². The second-order valence-electron chi connectivity index (χ2n) is 13.6. The van der Waals surface area contributed by atoms with Gasteiger partial charge < -0.3 is 49.9 Å². The molecule has 3 aromatic carbocycles. The number of carbonyl (C=O) groups excluding carboxylic acids is 1. The topological polar surface area (TPSA) is 249 Å². The van der Waals surface area contributed by atoms with Crippen molar-refractivity contribution < 1.29 is 68.9 Å². The Morgan fingerprint density at radius 3 is 1.79 bits per heavy atom. The van der Waals surface area contributed by atoms with Gasteiger partial charge in [0.15, 0.2) is 5.78 Å². The zero-order chi connectivity index (χ0) is 41.1. The van der Waals surface area contributed by atoms with Crippen molar-refractivity contribution in [3.8, 4) is 17.2 Å². The van der Waals surface area contributed by atoms with Crippen molar-refractivity contribution in [2.75, 3.05) is 49.2 Å². The number of allylic oxidation sites excluding steroid dienone is 5. The third-order valence-corrected chi connectivity index (χ3v) is 9.18. The number of ketones is 1. The molecule has 56 heavy (non-hydrogen) atoms. The molecule has 0 saturated carbocycles. The van der Waals surface area contributed by atoms with E-state index < -0.39 is 61.4 Å². The Hall–Kier alpha value is -7.10. The molecule has 0 fully saturated rings. The average molecular weight is 771 g/mol. The van der Waals surface area contributed by atoms with Crippen LogP contribution in [-0.2, 0) is 29.4 Å². The number of hydrogen-bond donors (Lipinski definition) is 6. The number of anilines is 2. The van der Waals surface area contributed by atoms with E-state index in [1.807, 2.05) is 13.8 Å². The van der Waals surface area contributed by atoms with Gasteiger partial charge >= 0.3 is 29.8 Å². The van der Waals surface area contributed by atoms with Crippen molar-refractivity contribution in [3.05, 3.63) is 106 Å². The molecule has 0 saturated heterocycles. The Morgan fingerprint density at radius 1 is 0.679 bits per heavy atom. The van der Waals surface area contributed by atoms with E-state index in [1.54, 1.807) is 31.2 Å². The standard InChI is InChI=1S/C40H38N2O14/c1-21-4-9-30(41(17-34(45)46)18-35(47)48)32(12-21)55-10-11-56-33-16-27(39(53)54)26(15-31(33)42(19-36(49)50)20-37(51)52)38-24-7-5-22(43)13-28(24)40(2,3)29-14-23(44)6-8-25(29)38/h4-9,12-16,43H,10-11,17-20H2,1-3H3,(H,45,46)(H,47,48)(H,49,50)(H,51,52)(H,53,54). The van der Waals surface area contributed by atoms with E-state index in [0.29, 0.717) is 33.4 Å². The summed E-state index contributed by atoms with van der Waals surface area (Å²) in [4.78, 5) is 74.9. The SMILES string of the molecule is Cc1ccc(N(CC(=O)O)CC(=O)O)c(OCCOc2cc(C(=O)O)c(C3=C4C=CC(=O)C=C4C(C)(C)c4cc(O)ccc43)cc2N(CC(=O)O)CC(=O)O)c1. The lowest BCUT2D eigenvalue weighted by atomic mass is 9.64. The zero-order valence-electron chi connectivity index (χ0n) is 30.4. The van der Waals surface area contributed by atoms with Gasteiger partial charge in [-0.2, -0.15) is 0 Å². The second-order valence-corrected chi connectivity index (χ2v) is 13.6. The maximum atomic E-state index is 13.0. The van der Waals surface area contributed by atoms with Crippen LogP contribution in [-0.4, -0.2) is 106 Å². The first kappa shape index (κ1) is 40.1. The van der Waals surface area contributed by atoms with Crippen LogP contribution in [0.25, 0.3) is 5.57 Å². The predicted octanol–water partition coefficient (Wildman–Crippen LogP) is 3.97. The first-order valence-electron chi connectivity index (χ1n) is 17.0. The van der Waals surface area contributed by atoms with E-state index in [-0.39, 0.29) is 58.7 Å². The molecule has 0 aromatic heterocycles. The zero-order valence-corrected chi connectivity index (χ0v) is 30.4. The maximum absolute atomic E-state index is 13.0. The largest absolute Gasteiger partial charge is 0.508 e. The fourth-order valence-corrected chi connectivity index (χ4v) is 6.83. The highest BCUT2D eigenvalue weighted by Gasteiger charge is 2.39. The monoisotopic (exact) mass is 770 g/mol. The molecule has 0 aliphatic heterocycles. The van der Waals surface area contributed by atoms with Crippen LogP contribution in [0.2, 0.25) is 0 Å². The van der Waals surface area contributed by atoms with Gasteiger partial charge in [-0.1, -0.05) is 32.1 Å². The Labute approximate surface area is 319 Å². The summed E-state index contributed by atoms with van der Waals surface area (Å²) in [7, 11) is 0. The fourth-order valence-electron chi connectivity index (χ4n) is 6.83. The van der Waals surface area contributed by atoms with Crippen LogP contribution in [0.1, 0.15) is 46.5 Å². The summed E-state index contributed by atoms with van der Waals surface area (Å²) in [6.07, 6.45) is 4.30. The van der Waals surface area contributed by atoms with E-state index in [9.17, 15) is 59.4 Å². The van der Waals surface area contributed by atoms with Crippen LogP contribution in [0.5, 0.6) is 17.2 Å². The lowest BCUT2D eigenvalue weighted by Crippen LogP contribution is -2.35. The summed E-state index contributed by atoms with van der Waals surface area (Å²) in [6.45, 7) is 1.88. The van der Waals surface area contributed by atoms with Gasteiger partial charge in [-0.3, -0.25) is 24.0 Å². The third-order valence-electron chi connectivity index (χ3n) is 9.18. The van der Waals surface area contributed by atoms with E-state index in [1.165, 1.54) is 36.4 Å². The molecule has 0 atom stereocenters. The third kappa shape index (κ3) is 8.65. The lowest BCUT2D eigenvalue weighted by molar-refractivity contribution is -0.138. The molecule has 0 unspecified atom stereocenters. The number of aliphatic carboxylic acids is 4. The highest BCUT2D eigenvalue weighted by atomic mass is 16.5. The first-order valence-corrected chi connectivity index (χ1v) is 17.0. The molecular formula is C40H38N2O14. The molecule has 16 nitrogen and oxygen atoms in total. The van der Waals surface area contributed by atoms with Gasteiger partial charge in [0, 0.05) is 5.41 Å². The van der Waals surface area contributed by atoms with Gasteiger partial charge in [0.05, 0.1) is 16.9 Å². The lowest BCUT2D eigenvalue weighted by Gasteiger charge is -2.39. The van der Waals surface area contributed by atoms with Crippen molar-refractivity contribution in [3.63, 3.8) is 0 Å². The number of fused-ring (bicyclic) bond motifs is 2. The van der Waals surface area contributed by atoms with E-state index in [2.05, 4.69) is 0 Å². The number of phenols is 1. The van der Waals surface area contributed by atoms with Gasteiger partial charge in [0.2, 0.25) is 0 Å². The van der Waals surface area contributed by atoms with Gasteiger partial charge in [-0.05, 0) is 94.4 Å². The van der Waals surface area contributed by atoms with Crippen molar-refractivity contribution in [2.24, 2.45) is 0 Å². The molecule has 0 spiro atoms. The minimum absolute atomic E-state index is 0.0422. The number of carbonyl (C=O) groups is 6. The number of hydrogen-bond acceptors (Lipinski definition) is 11. The fraction of sp³-hybridized carbons (Fsp3) is 0.250. The first-order chi connectivity index (χ1) is 26.4. The molecule has 0 heterocycles. The Morgan fingerprint density at radius 2 is 1.23 bits per heavy atom. The molecular weight excluding hydrogens is 732 g/mol. The number of aryl methyl sites for hydroxylation is 1. The number of aromatic carboxylic acids is 1. The summed E-state index contributed by atoms with van der Waals surface area (Å²) in [5, 5.41) is 59.5. The van der Waals surface area contributed by atoms with Gasteiger partial charge in [0.1, 0.15) is 56.6 Å². The number of carboxylic acid groups (broad SMARTS) is 5. The molecule has 16 heteroatoms. The molecule has 5 rings (SSSR count). The van der Waals surface area contributed by atoms with E-state index >= 15 is 0 Å². The summed E-state index contributed by atoms with van der Waals surface area (Å²) < 4.78 is 11.9. The van der Waals surface area contributed by atoms with E-state index in [0.717, 1.165) is 15.9 Å². The molecule has 292 valence electrons. The number of rotatable bonds is 17. The highest BCUT2D eigenvalue weighted by Crippen LogP contribution is 2.52. The quantitative estimate of drug-likeness (QED) is 0.106. The number of benzene rings is 3. The number of aromatic hydroxyl groups is 1. The van der Waals surface area contributed by atoms with Gasteiger partial charge in [-0.25, -0.2) is 4.79 Å². The van der Waals surface area contributed by atoms with Crippen molar-refractivity contribution in [2.45, 2.75) is 26.2 Å². The Kier molecular flexibility index (Phi) is 11.5. The normalized spacial score (nSPS) is 13.9. The van der Waals surface area contributed by atoms with Crippen LogP contribution in [0, 0.1) is 6.92 Å². The minimum Gasteiger partial charge on any atom is -0.508 e. The van der Waals surface area contributed by atoms with Crippen LogP contribution in [0.3, 0.4) is 0 Å². The number of phenolic OH excluding ortho intramolecular Hbond substituents is 1. The van der Waals surface area contributed by atoms with Crippen molar-refractivity contribution in [1.82, 2.24) is 0 Å². The van der Waals surface area contributed by atoms with Gasteiger partial charge in [-0.15, -0.1) is 0 Å². The van der Waals surface area contributed by atoms with Crippen LogP contribution < -0.4 is 19.3 Å². The van der Waals surface area contributed by atoms with Crippen LogP contribution in [0.15, 0.2) is 77.9 Å². The Balaban J connectivity index is 1.63. The summed E-state index contributed by atoms with van der Waals surface area (Å²) >= 11 is 0. The number of carboxylic acids is 5. The average Bonchev–Trinajstić information content (AvgIpc) is 3.09. The number of ether oxygens (including phenoxy) is 2. The molecule has 6 N–H and O–H groups in total. The summed E-state index contributed by atoms with van der Waals surface area (Å²) in [5.74, 6) is -7.26. The molecule has 2 aliphatic carbocycles. The van der Waals surface area contributed by atoms with Crippen molar-refractivity contribution >= 4 is 52.6 Å². The Bertz CT molecular complexity index is 2220. The molecule has 2 aliphatic rings. The van der Waals surface area contributed by atoms with Gasteiger partial charge in [0.25, 0.3) is 0 Å². The smallest absolute Gasteiger partial charge is 0.336 e. The van der Waals surface area contributed by atoms with Crippen LogP contribution >= 0.6 is 0 Å². The molecule has 0 amide bonds. The molecule has 3 aromatic rings. The molecule has 0 bridgehead atoms. The second kappa shape index (κ2) is 16.1. The predicted molar refractivity (Wildman–Crippen MR) is 200 cm³/mol. The summed E-state index contributed by atoms with van der Waals surface area (Å²) in [6, 6.07) is 11.7. The summed E-state index contributed by atoms with van der Waals surface area (Å²) in [5.41, 5.74) is 2.07. The van der Waals surface area contributed by atoms with E-state index in [4.69, 9.17) is 9.47 Å². The van der Waals surface area contributed by atoms with Crippen molar-refractivity contribution in [1.29, 1.82) is 0 Å². The number of nitrogens with zero attached hydrogens (tertiary/aromatic N) is 2. The molecule has 0 radical (unpaired) electrons. The minimum atomic E-state index is -1.42. The highest BCUT2D eigenvalue weighted by molar-refractivity contribution is 6.08. The maximum Gasteiger partial charge on any atom is 0.336 e.